The van der Waals surface area contributed by atoms with Gasteiger partial charge in [-0.15, -0.1) is 24.0 Å². The van der Waals surface area contributed by atoms with Crippen LogP contribution in [0.1, 0.15) is 12.5 Å². The first kappa shape index (κ1) is 24.4. The van der Waals surface area contributed by atoms with Crippen molar-refractivity contribution in [3.05, 3.63) is 54.2 Å². The lowest BCUT2D eigenvalue weighted by Crippen LogP contribution is -2.52. The van der Waals surface area contributed by atoms with Gasteiger partial charge >= 0.3 is 0 Å². The van der Waals surface area contributed by atoms with Gasteiger partial charge in [0.05, 0.1) is 11.4 Å². The third-order valence-corrected chi connectivity index (χ3v) is 6.23. The Kier molecular flexibility index (Phi) is 9.31. The summed E-state index contributed by atoms with van der Waals surface area (Å²) in [5.41, 5.74) is 0.961. The van der Waals surface area contributed by atoms with Crippen LogP contribution in [0.15, 0.2) is 58.5 Å². The summed E-state index contributed by atoms with van der Waals surface area (Å²) >= 11 is 0. The van der Waals surface area contributed by atoms with Crippen LogP contribution in [-0.2, 0) is 16.6 Å². The Bertz CT molecular complexity index is 914. The lowest BCUT2D eigenvalue weighted by molar-refractivity contribution is 0.371. The number of halogens is 1. The summed E-state index contributed by atoms with van der Waals surface area (Å²) in [6, 6.07) is 12.8. The average molecular weight is 544 g/mol. The van der Waals surface area contributed by atoms with Crippen molar-refractivity contribution in [1.82, 2.24) is 19.9 Å². The number of hydrogen-bond donors (Lipinski definition) is 2. The van der Waals surface area contributed by atoms with Gasteiger partial charge < -0.3 is 15.1 Å². The number of pyridine rings is 1. The van der Waals surface area contributed by atoms with Gasteiger partial charge in [-0.05, 0) is 43.8 Å². The fraction of sp³-hybridized carbons (Fsp3) is 0.400. The Morgan fingerprint density at radius 2 is 1.80 bits per heavy atom. The topological polar surface area (TPSA) is 89.9 Å². The molecule has 1 aliphatic heterocycles. The maximum Gasteiger partial charge on any atom is 0.240 e. The van der Waals surface area contributed by atoms with Crippen molar-refractivity contribution in [2.75, 3.05) is 44.7 Å². The Balaban J connectivity index is 0.00000320. The van der Waals surface area contributed by atoms with Gasteiger partial charge in [-0.1, -0.05) is 18.2 Å². The predicted molar refractivity (Wildman–Crippen MR) is 131 cm³/mol. The molecule has 2 N–H and O–H groups in total. The first-order valence-corrected chi connectivity index (χ1v) is 11.2. The van der Waals surface area contributed by atoms with Crippen LogP contribution in [0, 0.1) is 0 Å². The van der Waals surface area contributed by atoms with Crippen LogP contribution in [0.2, 0.25) is 0 Å². The van der Waals surface area contributed by atoms with E-state index in [1.54, 1.807) is 24.3 Å². The fourth-order valence-electron chi connectivity index (χ4n) is 3.17. The molecule has 8 nitrogen and oxygen atoms in total. The normalized spacial score (nSPS) is 14.9. The van der Waals surface area contributed by atoms with Gasteiger partial charge in [0.15, 0.2) is 5.96 Å². The summed E-state index contributed by atoms with van der Waals surface area (Å²) < 4.78 is 26.0. The van der Waals surface area contributed by atoms with Crippen LogP contribution >= 0.6 is 24.0 Å². The molecule has 0 amide bonds. The maximum atomic E-state index is 11.8. The number of nitrogens with zero attached hydrogens (tertiary/aromatic N) is 4. The van der Waals surface area contributed by atoms with Crippen LogP contribution < -0.4 is 14.9 Å². The number of rotatable bonds is 6. The third-order valence-electron chi connectivity index (χ3n) is 4.80. The molecule has 0 saturated carbocycles. The van der Waals surface area contributed by atoms with Gasteiger partial charge in [0, 0.05) is 38.9 Å². The molecular weight excluding hydrogens is 515 g/mol. The van der Waals surface area contributed by atoms with Gasteiger partial charge in [-0.25, -0.2) is 23.1 Å². The van der Waals surface area contributed by atoms with Crippen molar-refractivity contribution in [2.45, 2.75) is 18.4 Å². The van der Waals surface area contributed by atoms with E-state index in [2.05, 4.69) is 31.7 Å². The molecule has 2 heterocycles. The minimum atomic E-state index is -3.42. The van der Waals surface area contributed by atoms with E-state index in [1.165, 1.54) is 7.05 Å². The zero-order valence-electron chi connectivity index (χ0n) is 17.3. The molecule has 1 fully saturated rings. The number of aromatic nitrogens is 1. The zero-order valence-corrected chi connectivity index (χ0v) is 20.4. The monoisotopic (exact) mass is 544 g/mol. The molecule has 30 heavy (non-hydrogen) atoms. The number of nitrogens with one attached hydrogen (secondary N) is 2. The smallest absolute Gasteiger partial charge is 0.240 e. The second-order valence-corrected chi connectivity index (χ2v) is 8.57. The number of hydrogen-bond acceptors (Lipinski definition) is 5. The molecule has 0 unspecified atom stereocenters. The molecule has 164 valence electrons. The Labute approximate surface area is 195 Å². The fourth-order valence-corrected chi connectivity index (χ4v) is 3.90. The standard InChI is InChI=1S/C20H28N6O2S.HI/c1-3-22-20(24-16-17-7-9-18(10-8-17)29(27,28)21-2)26-14-12-25(13-15-26)19-6-4-5-11-23-19;/h4-11,21H,3,12-16H2,1-2H3,(H,22,24);1H. The molecule has 3 rings (SSSR count). The van der Waals surface area contributed by atoms with Gasteiger partial charge in [-0.3, -0.25) is 0 Å². The molecule has 2 aromatic rings. The van der Waals surface area contributed by atoms with Crippen molar-refractivity contribution in [3.63, 3.8) is 0 Å². The van der Waals surface area contributed by atoms with E-state index in [1.807, 2.05) is 24.4 Å². The summed E-state index contributed by atoms with van der Waals surface area (Å²) in [6.07, 6.45) is 1.82. The molecule has 1 aromatic carbocycles. The molecule has 0 atom stereocenters. The van der Waals surface area contributed by atoms with E-state index in [9.17, 15) is 8.42 Å². The molecule has 10 heteroatoms. The highest BCUT2D eigenvalue weighted by molar-refractivity contribution is 14.0. The number of guanidine groups is 1. The molecule has 0 spiro atoms. The number of piperazine rings is 1. The highest BCUT2D eigenvalue weighted by Gasteiger charge is 2.20. The first-order valence-electron chi connectivity index (χ1n) is 9.75. The summed E-state index contributed by atoms with van der Waals surface area (Å²) in [7, 11) is -2.01. The molecule has 0 bridgehead atoms. The molecule has 0 aliphatic carbocycles. The second-order valence-electron chi connectivity index (χ2n) is 6.68. The van der Waals surface area contributed by atoms with Crippen LogP contribution in [-0.4, -0.2) is 64.0 Å². The third kappa shape index (κ3) is 6.29. The highest BCUT2D eigenvalue weighted by atomic mass is 127. The van der Waals surface area contributed by atoms with Gasteiger partial charge in [0.1, 0.15) is 5.82 Å². The molecular formula is C20H29IN6O2S. The van der Waals surface area contributed by atoms with Gasteiger partial charge in [0.25, 0.3) is 0 Å². The Morgan fingerprint density at radius 1 is 1.10 bits per heavy atom. The van der Waals surface area contributed by atoms with Crippen LogP contribution in [0.4, 0.5) is 5.82 Å². The average Bonchev–Trinajstić information content (AvgIpc) is 2.77. The van der Waals surface area contributed by atoms with E-state index < -0.39 is 10.0 Å². The molecule has 0 radical (unpaired) electrons. The van der Waals surface area contributed by atoms with Crippen molar-refractivity contribution < 1.29 is 8.42 Å². The first-order chi connectivity index (χ1) is 14.0. The molecule has 1 aliphatic rings. The summed E-state index contributed by atoms with van der Waals surface area (Å²) in [4.78, 5) is 14.0. The van der Waals surface area contributed by atoms with Crippen molar-refractivity contribution >= 4 is 45.8 Å². The Hall–Kier alpha value is -1.92. The lowest BCUT2D eigenvalue weighted by atomic mass is 10.2. The Morgan fingerprint density at radius 3 is 2.37 bits per heavy atom. The summed E-state index contributed by atoms with van der Waals surface area (Å²) in [5.74, 6) is 1.88. The van der Waals surface area contributed by atoms with E-state index in [0.717, 1.165) is 50.1 Å². The number of aliphatic imine (C=N–C) groups is 1. The predicted octanol–water partition coefficient (Wildman–Crippen LogP) is 1.90. The van der Waals surface area contributed by atoms with Gasteiger partial charge in [-0.2, -0.15) is 0 Å². The van der Waals surface area contributed by atoms with E-state index in [4.69, 9.17) is 4.99 Å². The SMILES string of the molecule is CCNC(=NCc1ccc(S(=O)(=O)NC)cc1)N1CCN(c2ccccn2)CC1.I. The lowest BCUT2D eigenvalue weighted by Gasteiger charge is -2.37. The van der Waals surface area contributed by atoms with Gasteiger partial charge in [0.2, 0.25) is 10.0 Å². The summed E-state index contributed by atoms with van der Waals surface area (Å²) in [6.45, 7) is 6.83. The van der Waals surface area contributed by atoms with Crippen LogP contribution in [0.25, 0.3) is 0 Å². The second kappa shape index (κ2) is 11.5. The van der Waals surface area contributed by atoms with Crippen LogP contribution in [0.5, 0.6) is 0 Å². The van der Waals surface area contributed by atoms with E-state index in [0.29, 0.717) is 6.54 Å². The zero-order chi connectivity index (χ0) is 20.7. The maximum absolute atomic E-state index is 11.8. The van der Waals surface area contributed by atoms with E-state index >= 15 is 0 Å². The molecule has 1 saturated heterocycles. The van der Waals surface area contributed by atoms with Crippen molar-refractivity contribution in [2.24, 2.45) is 4.99 Å². The van der Waals surface area contributed by atoms with Crippen LogP contribution in [0.3, 0.4) is 0 Å². The number of anilines is 1. The summed E-state index contributed by atoms with van der Waals surface area (Å²) in [5, 5.41) is 3.36. The van der Waals surface area contributed by atoms with E-state index in [-0.39, 0.29) is 28.9 Å². The highest BCUT2D eigenvalue weighted by Crippen LogP contribution is 2.14. The van der Waals surface area contributed by atoms with Crippen molar-refractivity contribution in [3.8, 4) is 0 Å². The largest absolute Gasteiger partial charge is 0.357 e. The van der Waals surface area contributed by atoms with Crippen molar-refractivity contribution in [1.29, 1.82) is 0 Å². The molecule has 1 aromatic heterocycles. The minimum Gasteiger partial charge on any atom is -0.357 e. The minimum absolute atomic E-state index is 0. The number of benzene rings is 1. The quantitative estimate of drug-likeness (QED) is 0.328. The number of sulfonamides is 1.